The van der Waals surface area contributed by atoms with E-state index in [2.05, 4.69) is 118 Å². The van der Waals surface area contributed by atoms with Crippen molar-refractivity contribution in [2.24, 2.45) is 0 Å². The highest BCUT2D eigenvalue weighted by Gasteiger charge is 2.37. The molecule has 7 aromatic heterocycles. The molecule has 0 aliphatic carbocycles. The fourth-order valence-corrected chi connectivity index (χ4v) is 13.0. The molecule has 3 aliphatic rings. The van der Waals surface area contributed by atoms with Gasteiger partial charge in [-0.25, -0.2) is 52.4 Å². The summed E-state index contributed by atoms with van der Waals surface area (Å²) in [6, 6.07) is 39.4. The predicted octanol–water partition coefficient (Wildman–Crippen LogP) is 17.4. The third-order valence-electron chi connectivity index (χ3n) is 17.7. The average molecular weight is 1730 g/mol. The number of aromatic amines is 1. The molecule has 16 rings (SSSR count). The maximum absolute atomic E-state index is 14.4. The predicted molar refractivity (Wildman–Crippen MR) is 457 cm³/mol. The number of halogens is 6. The lowest BCUT2D eigenvalue weighted by Crippen LogP contribution is -2.46. The van der Waals surface area contributed by atoms with Crippen molar-refractivity contribution >= 4 is 180 Å². The molecule has 0 saturated heterocycles. The number of nitrogens with zero attached hydrogens (tertiary/aromatic N) is 12. The number of thioether (sulfide) groups is 1. The molecule has 3 amide bonds. The molecule has 6 aromatic carbocycles. The van der Waals surface area contributed by atoms with Crippen molar-refractivity contribution < 1.29 is 65.2 Å². The third-order valence-corrected chi connectivity index (χ3v) is 19.5. The molecule has 0 unspecified atom stereocenters. The van der Waals surface area contributed by atoms with Crippen molar-refractivity contribution in [1.29, 1.82) is 5.26 Å². The van der Waals surface area contributed by atoms with E-state index in [-0.39, 0.29) is 112 Å². The number of carbonyl (C=O) groups is 4. The van der Waals surface area contributed by atoms with Gasteiger partial charge >= 0.3 is 0 Å². The Morgan fingerprint density at radius 2 is 0.992 bits per heavy atom. The van der Waals surface area contributed by atoms with Crippen LogP contribution < -0.4 is 86.9 Å². The second kappa shape index (κ2) is 37.4. The maximum atomic E-state index is 14.4. The normalized spacial score (nSPS) is 12.9. The summed E-state index contributed by atoms with van der Waals surface area (Å²) >= 11 is 13.7. The lowest BCUT2D eigenvalue weighted by atomic mass is 10.1. The molecule has 34 nitrogen and oxygen atoms in total. The SMILES string of the molecule is CC(=O)c1ccc(Nc2ncc(F)c(Nc3ccc(OCC#N)c(Cl)c3)n2)cc1.COc1cc(Nc2ncc(F)c(Nc3ccc4c(n3)NC(=O)C(C)(C)O4)n2)cc(OC)c1C.COc1ccc(Nc2ncc(F)c(Nc3ccc4c(n3)NC(=O)CO4)n2)cc1Cl.Cc1nc2ccc(Nc3ncc(F)c(Nc4ccc5c(c4)NC(=O)C(C)(C)S5)n3)cc2[nH]1. The highest BCUT2D eigenvalue weighted by Crippen LogP contribution is 2.44. The van der Waals surface area contributed by atoms with Crippen LogP contribution in [-0.2, 0) is 14.4 Å². The van der Waals surface area contributed by atoms with Gasteiger partial charge in [0.25, 0.3) is 11.8 Å². The van der Waals surface area contributed by atoms with Crippen molar-refractivity contribution in [1.82, 2.24) is 59.8 Å². The van der Waals surface area contributed by atoms with E-state index >= 15 is 0 Å². The molecule has 628 valence electrons. The molecule has 13 aromatic rings. The van der Waals surface area contributed by atoms with Crippen molar-refractivity contribution in [3.8, 4) is 40.6 Å². The summed E-state index contributed by atoms with van der Waals surface area (Å²) in [6.07, 6.45) is 4.20. The topological polar surface area (TPSA) is 437 Å². The number of hydrogen-bond donors (Lipinski definition) is 12. The number of Topliss-reactive ketones (excluding diaryl/α,β-unsaturated/α-hetero) is 1. The number of anilines is 19. The zero-order valence-corrected chi connectivity index (χ0v) is 68.9. The standard InChI is InChI=1S/C22H20FN7OS.C22H23FN6O4.C20H15ClFN5O2.C18H14ClFN6O3/c1-11-25-15-6-4-13(8-16(15)26-11)28-21-24-10-14(23)19(30-21)27-12-5-7-18-17(9-12)29-20(31)22(2,3)32-18;1-11-15(31-4)8-12(9-16(11)32-5)25-21-24-10-13(23)18(29-21)26-17-7-6-14-19(27-17)28-20(30)22(2,3)33-14;1-12(28)13-2-4-14(5-3-13)26-20-24-11-17(22)19(27-20)25-15-6-7-18(16(21)10-15)29-9-8-23;1-28-12-3-2-9(6-10(12)19)22-18-21-7-11(20)16(26-18)23-14-5-4-13-17(24-14)25-15(27)8-29-13/h4-10H,1-3H3,(H,25,26)(H,29,31)(H2,24,27,28,30);6-10H,1-5H3,(H3,24,25,26,27,28,29,30);2-7,10-11H,9H2,1H3,(H2,24,25,26,27);2-7H,8H2,1H3,(H3,21,22,23,24,25,26,27). The Morgan fingerprint density at radius 3 is 1.53 bits per heavy atom. The van der Waals surface area contributed by atoms with Crippen LogP contribution >= 0.6 is 35.0 Å². The Hall–Kier alpha value is -15.2. The number of pyridine rings is 2. The van der Waals surface area contributed by atoms with Crippen LogP contribution in [0.2, 0.25) is 10.0 Å². The fraction of sp³-hybridized carbons (Fsp3) is 0.171. The highest BCUT2D eigenvalue weighted by atomic mass is 35.5. The minimum absolute atomic E-state index is 0.0241. The van der Waals surface area contributed by atoms with Gasteiger partial charge in [0, 0.05) is 62.3 Å². The van der Waals surface area contributed by atoms with Crippen LogP contribution in [-0.4, -0.2) is 128 Å². The van der Waals surface area contributed by atoms with Gasteiger partial charge in [-0.2, -0.15) is 25.2 Å². The number of aromatic nitrogens is 12. The number of amides is 3. The molecular weight excluding hydrogens is 1660 g/mol. The minimum atomic E-state index is -1.01. The van der Waals surface area contributed by atoms with E-state index in [4.69, 9.17) is 56.9 Å². The number of methoxy groups -OCH3 is 3. The number of aryl methyl sites for hydroxylation is 1. The summed E-state index contributed by atoms with van der Waals surface area (Å²) in [7, 11) is 4.63. The number of H-pyrrole nitrogens is 1. The van der Waals surface area contributed by atoms with Crippen molar-refractivity contribution in [2.45, 2.75) is 63.7 Å². The van der Waals surface area contributed by atoms with Crippen LogP contribution in [0.1, 0.15) is 56.4 Å². The number of carbonyl (C=O) groups excluding carboxylic acids is 4. The Balaban J connectivity index is 0.000000141. The number of hydrogen-bond acceptors (Lipinski definition) is 31. The Labute approximate surface area is 711 Å². The van der Waals surface area contributed by atoms with Crippen LogP contribution in [0.5, 0.6) is 34.5 Å². The first kappa shape index (κ1) is 85.7. The second-order valence-electron chi connectivity index (χ2n) is 27.5. The van der Waals surface area contributed by atoms with Gasteiger partial charge in [-0.15, -0.1) is 11.8 Å². The van der Waals surface area contributed by atoms with Gasteiger partial charge in [-0.1, -0.05) is 23.2 Å². The molecular formula is C82H72Cl2F4N24O10S. The number of nitrogens with one attached hydrogen (secondary N) is 12. The smallest absolute Gasteiger partial charge is 0.269 e. The van der Waals surface area contributed by atoms with Gasteiger partial charge in [0.1, 0.15) is 46.5 Å². The number of rotatable bonds is 22. The van der Waals surface area contributed by atoms with E-state index < -0.39 is 33.6 Å². The van der Waals surface area contributed by atoms with E-state index in [9.17, 15) is 36.7 Å². The zero-order chi connectivity index (χ0) is 87.4. The first-order chi connectivity index (χ1) is 58.9. The van der Waals surface area contributed by atoms with E-state index in [1.54, 1.807) is 125 Å². The number of imidazole rings is 1. The summed E-state index contributed by atoms with van der Waals surface area (Å²) in [5.74, 6) is 1.88. The number of nitriles is 1. The third kappa shape index (κ3) is 21.5. The lowest BCUT2D eigenvalue weighted by molar-refractivity contribution is -0.129. The molecule has 0 bridgehead atoms. The largest absolute Gasteiger partial charge is 0.496 e. The van der Waals surface area contributed by atoms with Crippen LogP contribution in [0.4, 0.5) is 128 Å². The molecule has 10 heterocycles. The maximum Gasteiger partial charge on any atom is 0.269 e. The molecule has 41 heteroatoms. The molecule has 0 radical (unpaired) electrons. The van der Waals surface area contributed by atoms with Crippen molar-refractivity contribution in [2.75, 3.05) is 93.0 Å². The molecule has 0 fully saturated rings. The summed E-state index contributed by atoms with van der Waals surface area (Å²) < 4.78 is 88.5. The zero-order valence-electron chi connectivity index (χ0n) is 66.6. The quantitative estimate of drug-likeness (QED) is 0.0221. The molecule has 123 heavy (non-hydrogen) atoms. The number of benzene rings is 6. The summed E-state index contributed by atoms with van der Waals surface area (Å²) in [6.45, 7) is 12.1. The minimum Gasteiger partial charge on any atom is -0.496 e. The first-order valence-corrected chi connectivity index (χ1v) is 38.3. The highest BCUT2D eigenvalue weighted by molar-refractivity contribution is 8.01. The number of fused-ring (bicyclic) bond motifs is 4. The van der Waals surface area contributed by atoms with Gasteiger partial charge < -0.3 is 91.9 Å². The Morgan fingerprint density at radius 1 is 0.520 bits per heavy atom. The van der Waals surface area contributed by atoms with E-state index in [1.165, 1.54) is 31.9 Å². The summed E-state index contributed by atoms with van der Waals surface area (Å²) in [5, 5.41) is 40.8. The molecule has 12 N–H and O–H groups in total. The number of ketones is 1. The fourth-order valence-electron chi connectivity index (χ4n) is 11.5. The van der Waals surface area contributed by atoms with Gasteiger partial charge in [0.05, 0.1) is 77.6 Å². The first-order valence-electron chi connectivity index (χ1n) is 36.7. The average Bonchev–Trinajstić information content (AvgIpc) is 1.53. The summed E-state index contributed by atoms with van der Waals surface area (Å²) in [4.78, 5) is 96.7. The molecule has 0 atom stereocenters. The summed E-state index contributed by atoms with van der Waals surface area (Å²) in [5.41, 5.74) is 6.50. The molecule has 0 saturated carbocycles. The Kier molecular flexibility index (Phi) is 26.1. The van der Waals surface area contributed by atoms with Crippen molar-refractivity contribution in [3.63, 3.8) is 0 Å². The van der Waals surface area contributed by atoms with Crippen molar-refractivity contribution in [3.05, 3.63) is 209 Å². The van der Waals surface area contributed by atoms with Crippen LogP contribution in [0.3, 0.4) is 0 Å². The lowest BCUT2D eigenvalue weighted by Gasteiger charge is -2.30. The van der Waals surface area contributed by atoms with Crippen LogP contribution in [0.15, 0.2) is 163 Å². The van der Waals surface area contributed by atoms with E-state index in [0.717, 1.165) is 57.8 Å². The van der Waals surface area contributed by atoms with Gasteiger partial charge in [-0.3, -0.25) is 19.2 Å². The van der Waals surface area contributed by atoms with Gasteiger partial charge in [0.2, 0.25) is 29.7 Å². The van der Waals surface area contributed by atoms with E-state index in [0.29, 0.717) is 79.2 Å². The van der Waals surface area contributed by atoms with Gasteiger partial charge in [-0.05, 0) is 170 Å². The van der Waals surface area contributed by atoms with Crippen LogP contribution in [0, 0.1) is 48.4 Å². The molecule has 3 aliphatic heterocycles. The molecule has 0 spiro atoms. The van der Waals surface area contributed by atoms with E-state index in [1.807, 2.05) is 64.1 Å². The monoisotopic (exact) mass is 1730 g/mol. The number of ether oxygens (including phenoxy) is 6. The van der Waals surface area contributed by atoms with Crippen LogP contribution in [0.25, 0.3) is 11.0 Å². The Bertz CT molecular complexity index is 6250. The van der Waals surface area contributed by atoms with Gasteiger partial charge in [0.15, 0.2) is 94.3 Å². The second-order valence-corrected chi connectivity index (χ2v) is 29.9.